The van der Waals surface area contributed by atoms with Gasteiger partial charge in [0.05, 0.1) is 37.3 Å². The van der Waals surface area contributed by atoms with E-state index in [9.17, 15) is 38.4 Å². The Morgan fingerprint density at radius 1 is 0.500 bits per heavy atom. The number of carbonyl (C=O) groups is 8. The van der Waals surface area contributed by atoms with Crippen molar-refractivity contribution < 1.29 is 47.8 Å². The van der Waals surface area contributed by atoms with Gasteiger partial charge in [-0.3, -0.25) is 38.4 Å². The minimum absolute atomic E-state index is 0.0748. The van der Waals surface area contributed by atoms with Crippen LogP contribution in [0.4, 0.5) is 0 Å². The lowest BCUT2D eigenvalue weighted by molar-refractivity contribution is -0.142. The number of ether oxygens (including phenoxy) is 2. The highest BCUT2D eigenvalue weighted by atomic mass is 16.5. The van der Waals surface area contributed by atoms with E-state index in [1.165, 1.54) is 0 Å². The maximum Gasteiger partial charge on any atom is 0.251 e. The number of hydrogen-bond donors (Lipinski definition) is 6. The van der Waals surface area contributed by atoms with Crippen LogP contribution in [0.15, 0.2) is 109 Å². The van der Waals surface area contributed by atoms with Gasteiger partial charge in [0, 0.05) is 76.8 Å². The molecule has 20 nitrogen and oxygen atoms in total. The molecule has 0 spiro atoms. The van der Waals surface area contributed by atoms with Gasteiger partial charge in [-0.2, -0.15) is 0 Å². The Morgan fingerprint density at radius 3 is 1.19 bits per heavy atom. The number of hydrogen-bond acceptors (Lipinski definition) is 12. The molecular formula is C68H92N10O10. The number of rotatable bonds is 27. The van der Waals surface area contributed by atoms with E-state index in [-0.39, 0.29) is 97.4 Å². The molecular weight excluding hydrogens is 1120 g/mol. The Balaban J connectivity index is 0.878. The Hall–Kier alpha value is -7.52. The zero-order valence-electron chi connectivity index (χ0n) is 52.2. The van der Waals surface area contributed by atoms with E-state index in [1.54, 1.807) is 86.3 Å². The summed E-state index contributed by atoms with van der Waals surface area (Å²) < 4.78 is 11.2. The molecule has 0 aromatic heterocycles. The van der Waals surface area contributed by atoms with Crippen molar-refractivity contribution in [3.63, 3.8) is 0 Å². The van der Waals surface area contributed by atoms with Gasteiger partial charge < -0.3 is 61.0 Å². The van der Waals surface area contributed by atoms with Gasteiger partial charge in [0.1, 0.15) is 12.1 Å². The minimum Gasteiger partial charge on any atom is -0.381 e. The van der Waals surface area contributed by atoms with E-state index in [1.807, 2.05) is 70.5 Å². The Morgan fingerprint density at radius 2 is 0.852 bits per heavy atom. The molecule has 4 aromatic carbocycles. The molecule has 0 unspecified atom stereocenters. The fraction of sp³-hybridized carbons (Fsp3) is 0.529. The first-order valence-electron chi connectivity index (χ1n) is 31.6. The first-order chi connectivity index (χ1) is 42.5. The van der Waals surface area contributed by atoms with E-state index < -0.39 is 36.0 Å². The second kappa shape index (κ2) is 32.6. The lowest BCUT2D eigenvalue weighted by Crippen LogP contribution is -2.58. The van der Waals surface area contributed by atoms with E-state index in [4.69, 9.17) is 9.47 Å². The van der Waals surface area contributed by atoms with Gasteiger partial charge in [0.15, 0.2) is 0 Å². The van der Waals surface area contributed by atoms with Crippen LogP contribution in [0.1, 0.15) is 98.1 Å². The van der Waals surface area contributed by atoms with Crippen molar-refractivity contribution >= 4 is 47.3 Å². The molecule has 8 rings (SSSR count). The summed E-state index contributed by atoms with van der Waals surface area (Å²) in [6.07, 6.45) is 5.23. The molecule has 0 aliphatic carbocycles. The van der Waals surface area contributed by atoms with Gasteiger partial charge in [0.2, 0.25) is 35.4 Å². The highest BCUT2D eigenvalue weighted by Crippen LogP contribution is 2.31. The maximum absolute atomic E-state index is 14.6. The third-order valence-electron chi connectivity index (χ3n) is 18.6. The second-order valence-corrected chi connectivity index (χ2v) is 24.3. The highest BCUT2D eigenvalue weighted by Gasteiger charge is 2.44. The number of amides is 8. The van der Waals surface area contributed by atoms with Crippen molar-refractivity contribution in [3.8, 4) is 11.1 Å². The van der Waals surface area contributed by atoms with E-state index in [0.29, 0.717) is 102 Å². The van der Waals surface area contributed by atoms with Crippen LogP contribution >= 0.6 is 0 Å². The van der Waals surface area contributed by atoms with Crippen molar-refractivity contribution in [2.75, 3.05) is 92.9 Å². The Bertz CT molecular complexity index is 2760. The van der Waals surface area contributed by atoms with Gasteiger partial charge in [-0.15, -0.1) is 0 Å². The minimum atomic E-state index is -0.729. The van der Waals surface area contributed by atoms with Crippen LogP contribution in [-0.4, -0.2) is 196 Å². The normalized spacial score (nSPS) is 20.2. The summed E-state index contributed by atoms with van der Waals surface area (Å²) in [6.45, 7) is 11.5. The largest absolute Gasteiger partial charge is 0.381 e. The van der Waals surface area contributed by atoms with Gasteiger partial charge in [-0.25, -0.2) is 0 Å². The van der Waals surface area contributed by atoms with Crippen molar-refractivity contribution in [1.82, 2.24) is 51.5 Å². The Labute approximate surface area is 518 Å². The van der Waals surface area contributed by atoms with Gasteiger partial charge in [-0.05, 0) is 150 Å². The molecule has 4 aliphatic rings. The molecule has 20 heteroatoms. The molecule has 0 saturated carbocycles. The van der Waals surface area contributed by atoms with Crippen LogP contribution in [-0.2, 0) is 51.1 Å². The quantitative estimate of drug-likeness (QED) is 0.0485. The molecule has 474 valence electrons. The molecule has 0 radical (unpaired) electrons. The average molecular weight is 1210 g/mol. The monoisotopic (exact) mass is 1210 g/mol. The van der Waals surface area contributed by atoms with Crippen molar-refractivity contribution in [2.24, 2.45) is 23.7 Å². The van der Waals surface area contributed by atoms with Crippen LogP contribution in [0.5, 0.6) is 0 Å². The summed E-state index contributed by atoms with van der Waals surface area (Å²) >= 11 is 0. The van der Waals surface area contributed by atoms with Gasteiger partial charge in [0.25, 0.3) is 11.8 Å². The molecule has 4 aromatic rings. The van der Waals surface area contributed by atoms with Crippen LogP contribution < -0.4 is 31.9 Å². The third-order valence-corrected chi connectivity index (χ3v) is 18.6. The summed E-state index contributed by atoms with van der Waals surface area (Å²) in [5.41, 5.74) is 4.39. The maximum atomic E-state index is 14.6. The van der Waals surface area contributed by atoms with Crippen LogP contribution in [0.3, 0.4) is 0 Å². The predicted octanol–water partition coefficient (Wildman–Crippen LogP) is 4.47. The SMILES string of the molecule is CN[C@@H](C)C(=O)N[C@H](C(=O)N1CC[C@H](C)[C@H]1CN(CCc1ccccc1)C(=O)CNC(=O)c1ccc(-c2ccc(C(=O)NCC(=O)N(CCc3ccccc3)C[C@H]3[C@@H](C)CCN3C(=O)[C@@H](NC(=O)[C@H](C)NC)C3CCOCC3)cc2)cc1)C1CCOCC1. The first kappa shape index (κ1) is 66.4. The lowest BCUT2D eigenvalue weighted by atomic mass is 9.90. The summed E-state index contributed by atoms with van der Waals surface area (Å²) in [6, 6.07) is 30.6. The number of nitrogens with zero attached hydrogens (tertiary/aromatic N) is 4. The molecule has 8 amide bonds. The van der Waals surface area contributed by atoms with Gasteiger partial charge in [-0.1, -0.05) is 98.8 Å². The smallest absolute Gasteiger partial charge is 0.251 e. The molecule has 8 atom stereocenters. The fourth-order valence-corrected chi connectivity index (χ4v) is 12.4. The first-order valence-corrected chi connectivity index (χ1v) is 31.6. The molecule has 6 N–H and O–H groups in total. The predicted molar refractivity (Wildman–Crippen MR) is 337 cm³/mol. The summed E-state index contributed by atoms with van der Waals surface area (Å²) in [5.74, 6) is -2.25. The zero-order chi connectivity index (χ0) is 62.7. The van der Waals surface area contributed by atoms with Crippen molar-refractivity contribution in [1.29, 1.82) is 0 Å². The number of nitrogens with one attached hydrogen (secondary N) is 6. The molecule has 88 heavy (non-hydrogen) atoms. The average Bonchev–Trinajstić information content (AvgIpc) is 3.28. The molecule has 4 saturated heterocycles. The van der Waals surface area contributed by atoms with E-state index in [2.05, 4.69) is 45.7 Å². The summed E-state index contributed by atoms with van der Waals surface area (Å²) in [7, 11) is 3.41. The standard InChI is InChI=1S/C68H92N10O10/c1-45-25-35-77(67(85)61(53-29-37-87-38-30-53)73-63(81)47(3)69-5)57(45)43-75(33-27-49-13-9-7-10-14-49)59(79)41-71-65(83)55-21-17-51(18-22-55)52-19-23-56(24-20-52)66(84)72-42-60(80)76(34-28-50-15-11-8-12-16-50)44-58-46(2)26-36-78(58)68(86)62(54-31-39-88-40-32-54)74-64(82)48(4)70-6/h7-24,45-48,53-54,57-58,61-62,69-70H,25-44H2,1-6H3,(H,71,83)(H,72,84)(H,73,81)(H,74,82)/t45-,46-,47-,48-,57-,58+,61-,62-/m0/s1. The summed E-state index contributed by atoms with van der Waals surface area (Å²) in [5, 5.41) is 17.7. The van der Waals surface area contributed by atoms with E-state index >= 15 is 0 Å². The second-order valence-electron chi connectivity index (χ2n) is 24.3. The number of carbonyl (C=O) groups excluding carboxylic acids is 8. The molecule has 4 aliphatic heterocycles. The summed E-state index contributed by atoms with van der Waals surface area (Å²) in [4.78, 5) is 119. The fourth-order valence-electron chi connectivity index (χ4n) is 12.4. The lowest BCUT2D eigenvalue weighted by Gasteiger charge is -2.37. The third kappa shape index (κ3) is 17.8. The van der Waals surface area contributed by atoms with Crippen LogP contribution in [0, 0.1) is 23.7 Å². The zero-order valence-corrected chi connectivity index (χ0v) is 52.2. The van der Waals surface area contributed by atoms with Crippen LogP contribution in [0.2, 0.25) is 0 Å². The molecule has 4 heterocycles. The number of likely N-dealkylation sites (tertiary alicyclic amines) is 2. The van der Waals surface area contributed by atoms with Gasteiger partial charge >= 0.3 is 0 Å². The molecule has 0 bridgehead atoms. The van der Waals surface area contributed by atoms with E-state index in [0.717, 1.165) is 35.1 Å². The number of benzene rings is 4. The Kier molecular flexibility index (Phi) is 24.6. The topological polar surface area (TPSA) is 240 Å². The van der Waals surface area contributed by atoms with Crippen molar-refractivity contribution in [3.05, 3.63) is 131 Å². The number of likely N-dealkylation sites (N-methyl/N-ethyl adjacent to an activating group) is 2. The van der Waals surface area contributed by atoms with Crippen molar-refractivity contribution in [2.45, 2.75) is 115 Å². The highest BCUT2D eigenvalue weighted by molar-refractivity contribution is 5.98. The van der Waals surface area contributed by atoms with Crippen LogP contribution in [0.25, 0.3) is 11.1 Å². The molecule has 4 fully saturated rings.